The molecule has 4 unspecified atom stereocenters. The molecule has 1 aliphatic heterocycles. The van der Waals surface area contributed by atoms with Crippen LogP contribution in [0.1, 0.15) is 25.8 Å². The van der Waals surface area contributed by atoms with Gasteiger partial charge in [-0.25, -0.2) is 0 Å². The first-order valence-electron chi connectivity index (χ1n) is 9.45. The first-order valence-corrected chi connectivity index (χ1v) is 9.45. The molecule has 3 aliphatic rings. The molecule has 0 radical (unpaired) electrons. The van der Waals surface area contributed by atoms with E-state index in [-0.39, 0.29) is 58.8 Å². The van der Waals surface area contributed by atoms with Gasteiger partial charge in [-0.1, -0.05) is 12.2 Å². The van der Waals surface area contributed by atoms with Gasteiger partial charge in [0.1, 0.15) is 0 Å². The molecule has 0 spiro atoms. The number of fused-ring (bicyclic) bond motifs is 5. The lowest BCUT2D eigenvalue weighted by atomic mass is 9.85. The Morgan fingerprint density at radius 2 is 1.83 bits per heavy atom. The molecule has 1 aromatic carbocycles. The number of hydrogen-bond acceptors (Lipinski definition) is 7. The van der Waals surface area contributed by atoms with Crippen LogP contribution >= 0.6 is 0 Å². The van der Waals surface area contributed by atoms with E-state index in [1.54, 1.807) is 13.8 Å². The zero-order valence-electron chi connectivity index (χ0n) is 16.3. The number of carbonyl (C=O) groups is 2. The number of rotatable bonds is 6. The molecule has 2 amide bonds. The van der Waals surface area contributed by atoms with Crippen LogP contribution in [0.4, 0.5) is 5.69 Å². The minimum Gasteiger partial charge on any atom is -0.493 e. The third-order valence-electron chi connectivity index (χ3n) is 5.60. The van der Waals surface area contributed by atoms with Crippen LogP contribution in [0.2, 0.25) is 0 Å². The Morgan fingerprint density at radius 3 is 2.34 bits per heavy atom. The van der Waals surface area contributed by atoms with E-state index < -0.39 is 4.92 Å². The highest BCUT2D eigenvalue weighted by Gasteiger charge is 2.59. The van der Waals surface area contributed by atoms with Crippen molar-refractivity contribution in [3.8, 4) is 11.5 Å². The zero-order chi connectivity index (χ0) is 20.9. The number of methoxy groups -OCH3 is 1. The van der Waals surface area contributed by atoms with Gasteiger partial charge in [0.05, 0.1) is 36.2 Å². The van der Waals surface area contributed by atoms with Crippen molar-refractivity contribution in [2.24, 2.45) is 28.8 Å². The molecule has 0 N–H and O–H groups in total. The molecule has 9 heteroatoms. The van der Waals surface area contributed by atoms with Crippen LogP contribution in [0.5, 0.6) is 11.5 Å². The molecule has 2 bridgehead atoms. The highest BCUT2D eigenvalue weighted by molar-refractivity contribution is 6.06. The monoisotopic (exact) mass is 399 g/mol. The number of amides is 2. The normalized spacial score (nSPS) is 27.4. The number of imide groups is 1. The van der Waals surface area contributed by atoms with E-state index in [0.29, 0.717) is 5.56 Å². The molecule has 152 valence electrons. The van der Waals surface area contributed by atoms with E-state index in [2.05, 4.69) is 5.10 Å². The molecule has 1 saturated carbocycles. The van der Waals surface area contributed by atoms with Gasteiger partial charge in [0, 0.05) is 11.6 Å². The fourth-order valence-electron chi connectivity index (χ4n) is 4.45. The zero-order valence-corrected chi connectivity index (χ0v) is 16.3. The number of nitro groups is 1. The van der Waals surface area contributed by atoms with Crippen LogP contribution in [0.3, 0.4) is 0 Å². The molecule has 4 rings (SSSR count). The summed E-state index contributed by atoms with van der Waals surface area (Å²) in [6, 6.07) is 2.80. The summed E-state index contributed by atoms with van der Waals surface area (Å²) >= 11 is 0. The Balaban J connectivity index is 1.63. The SMILES string of the molecule is COc1cc(C=NN2C(=O)C3C4C=CC(C4)C3C2=O)cc([N+](=O)[O-])c1OC(C)C. The first-order chi connectivity index (χ1) is 13.8. The van der Waals surface area contributed by atoms with Gasteiger partial charge in [0.25, 0.3) is 11.8 Å². The molecule has 1 aromatic rings. The standard InChI is InChI=1S/C20H21N3O6/c1-10(2)29-18-14(23(26)27)6-11(7-15(18)28-3)9-21-22-19(24)16-12-4-5-13(8-12)17(16)20(22)25/h4-7,9-10,12-13,16-17H,8H2,1-3H3. The highest BCUT2D eigenvalue weighted by Crippen LogP contribution is 2.52. The van der Waals surface area contributed by atoms with Gasteiger partial charge in [-0.2, -0.15) is 10.1 Å². The fourth-order valence-corrected chi connectivity index (χ4v) is 4.45. The Kier molecular flexibility index (Phi) is 4.60. The summed E-state index contributed by atoms with van der Waals surface area (Å²) < 4.78 is 10.8. The fraction of sp³-hybridized carbons (Fsp3) is 0.450. The summed E-state index contributed by atoms with van der Waals surface area (Å²) in [5.74, 6) is -0.933. The lowest BCUT2D eigenvalue weighted by Gasteiger charge is -2.14. The predicted octanol–water partition coefficient (Wildman–Crippen LogP) is 2.53. The number of ether oxygens (including phenoxy) is 2. The van der Waals surface area contributed by atoms with Crippen LogP contribution in [0.25, 0.3) is 0 Å². The van der Waals surface area contributed by atoms with Gasteiger partial charge < -0.3 is 9.47 Å². The molecule has 0 aromatic heterocycles. The van der Waals surface area contributed by atoms with Crippen LogP contribution in [-0.4, -0.2) is 41.2 Å². The maximum absolute atomic E-state index is 12.7. The van der Waals surface area contributed by atoms with Gasteiger partial charge in [-0.05, 0) is 38.2 Å². The minimum atomic E-state index is -0.572. The van der Waals surface area contributed by atoms with Crippen LogP contribution in [0, 0.1) is 33.8 Å². The number of carbonyl (C=O) groups excluding carboxylic acids is 2. The number of benzene rings is 1. The van der Waals surface area contributed by atoms with E-state index in [0.717, 1.165) is 11.4 Å². The van der Waals surface area contributed by atoms with Crippen molar-refractivity contribution in [2.45, 2.75) is 26.4 Å². The third-order valence-corrected chi connectivity index (χ3v) is 5.60. The first kappa shape index (κ1) is 19.1. The predicted molar refractivity (Wildman–Crippen MR) is 103 cm³/mol. The van der Waals surface area contributed by atoms with Crippen molar-refractivity contribution in [1.29, 1.82) is 0 Å². The van der Waals surface area contributed by atoms with E-state index in [9.17, 15) is 19.7 Å². The van der Waals surface area contributed by atoms with Gasteiger partial charge in [0.2, 0.25) is 5.75 Å². The number of nitrogens with zero attached hydrogens (tertiary/aromatic N) is 3. The van der Waals surface area contributed by atoms with Crippen molar-refractivity contribution in [1.82, 2.24) is 5.01 Å². The van der Waals surface area contributed by atoms with Crippen molar-refractivity contribution < 1.29 is 24.0 Å². The topological polar surface area (TPSA) is 111 Å². The quantitative estimate of drug-likeness (QED) is 0.239. The highest BCUT2D eigenvalue weighted by atomic mass is 16.6. The Labute approximate surface area is 167 Å². The lowest BCUT2D eigenvalue weighted by Crippen LogP contribution is -2.28. The summed E-state index contributed by atoms with van der Waals surface area (Å²) in [6.07, 6.45) is 5.83. The van der Waals surface area contributed by atoms with Crippen LogP contribution < -0.4 is 9.47 Å². The van der Waals surface area contributed by atoms with E-state index in [1.165, 1.54) is 25.5 Å². The van der Waals surface area contributed by atoms with Crippen molar-refractivity contribution in [3.63, 3.8) is 0 Å². The summed E-state index contributed by atoms with van der Waals surface area (Å²) in [4.78, 5) is 36.3. The molecule has 29 heavy (non-hydrogen) atoms. The Morgan fingerprint density at radius 1 is 1.21 bits per heavy atom. The van der Waals surface area contributed by atoms with E-state index in [1.807, 2.05) is 12.2 Å². The molecule has 4 atom stereocenters. The second-order valence-corrected chi connectivity index (χ2v) is 7.73. The lowest BCUT2D eigenvalue weighted by molar-refractivity contribution is -0.386. The second kappa shape index (κ2) is 6.98. The molecular weight excluding hydrogens is 378 g/mol. The van der Waals surface area contributed by atoms with Gasteiger partial charge in [-0.15, -0.1) is 0 Å². The van der Waals surface area contributed by atoms with Gasteiger partial charge in [0.15, 0.2) is 5.75 Å². The Hall–Kier alpha value is -3.23. The number of allylic oxidation sites excluding steroid dienone is 2. The van der Waals surface area contributed by atoms with Crippen molar-refractivity contribution >= 4 is 23.7 Å². The minimum absolute atomic E-state index is 0.0233. The summed E-state index contributed by atoms with van der Waals surface area (Å²) in [7, 11) is 1.38. The third kappa shape index (κ3) is 3.06. The second-order valence-electron chi connectivity index (χ2n) is 7.73. The average Bonchev–Trinajstić information content (AvgIpc) is 3.34. The van der Waals surface area contributed by atoms with Crippen LogP contribution in [0.15, 0.2) is 29.4 Å². The van der Waals surface area contributed by atoms with Gasteiger partial charge >= 0.3 is 5.69 Å². The largest absolute Gasteiger partial charge is 0.493 e. The maximum Gasteiger partial charge on any atom is 0.315 e. The molecule has 2 fully saturated rings. The molecule has 2 aliphatic carbocycles. The average molecular weight is 399 g/mol. The summed E-state index contributed by atoms with van der Waals surface area (Å²) in [5, 5.41) is 16.5. The summed E-state index contributed by atoms with van der Waals surface area (Å²) in [6.45, 7) is 3.50. The van der Waals surface area contributed by atoms with E-state index in [4.69, 9.17) is 9.47 Å². The number of hydrogen-bond donors (Lipinski definition) is 0. The van der Waals surface area contributed by atoms with Gasteiger partial charge in [-0.3, -0.25) is 19.7 Å². The molecule has 9 nitrogen and oxygen atoms in total. The molecule has 1 saturated heterocycles. The van der Waals surface area contributed by atoms with Crippen molar-refractivity contribution in [3.05, 3.63) is 40.0 Å². The maximum atomic E-state index is 12.7. The summed E-state index contributed by atoms with van der Waals surface area (Å²) in [5.41, 5.74) is 0.0427. The van der Waals surface area contributed by atoms with Crippen molar-refractivity contribution in [2.75, 3.05) is 7.11 Å². The van der Waals surface area contributed by atoms with E-state index >= 15 is 0 Å². The molecular formula is C20H21N3O6. The van der Waals surface area contributed by atoms with Crippen LogP contribution in [-0.2, 0) is 9.59 Å². The number of nitro benzene ring substituents is 1. The number of hydrazone groups is 1. The smallest absolute Gasteiger partial charge is 0.315 e. The molecule has 1 heterocycles. The Bertz CT molecular complexity index is 924.